The quantitative estimate of drug-likeness (QED) is 0.784. The monoisotopic (exact) mass is 289 g/mol. The molecule has 5 heteroatoms. The van der Waals surface area contributed by atoms with Crippen LogP contribution in [0.2, 0.25) is 0 Å². The standard InChI is InChI=1S/C16H23N3O2/c20-16(18-13-4-2-1-3-5-13)19-14-6-7-15-12(10-14)11-17-8-9-21-15/h6-7,10,13,17H,1-5,8-9,11H2,(H2,18,19,20). The molecule has 2 aliphatic rings. The molecule has 0 bridgehead atoms. The zero-order valence-electron chi connectivity index (χ0n) is 12.3. The molecule has 1 aliphatic carbocycles. The van der Waals surface area contributed by atoms with Crippen LogP contribution in [-0.2, 0) is 6.54 Å². The molecule has 0 atom stereocenters. The zero-order valence-corrected chi connectivity index (χ0v) is 12.3. The zero-order chi connectivity index (χ0) is 14.5. The summed E-state index contributed by atoms with van der Waals surface area (Å²) in [7, 11) is 0. The third-order valence-electron chi connectivity index (χ3n) is 4.11. The molecule has 0 unspecified atom stereocenters. The van der Waals surface area contributed by atoms with Crippen LogP contribution in [0.5, 0.6) is 5.75 Å². The number of hydrogen-bond donors (Lipinski definition) is 3. The third kappa shape index (κ3) is 3.88. The molecule has 1 aliphatic heterocycles. The van der Waals surface area contributed by atoms with Crippen LogP contribution < -0.4 is 20.7 Å². The number of anilines is 1. The van der Waals surface area contributed by atoms with Crippen molar-refractivity contribution < 1.29 is 9.53 Å². The van der Waals surface area contributed by atoms with Gasteiger partial charge in [0.2, 0.25) is 0 Å². The Morgan fingerprint density at radius 1 is 1.24 bits per heavy atom. The molecule has 1 aromatic carbocycles. The van der Waals surface area contributed by atoms with Crippen molar-refractivity contribution in [1.82, 2.24) is 10.6 Å². The van der Waals surface area contributed by atoms with Gasteiger partial charge in [-0.25, -0.2) is 4.79 Å². The van der Waals surface area contributed by atoms with Crippen molar-refractivity contribution in [3.63, 3.8) is 0 Å². The molecule has 2 amide bonds. The van der Waals surface area contributed by atoms with Gasteiger partial charge in [-0.05, 0) is 31.0 Å². The van der Waals surface area contributed by atoms with Crippen LogP contribution in [0, 0.1) is 0 Å². The van der Waals surface area contributed by atoms with E-state index in [0.717, 1.165) is 42.9 Å². The highest BCUT2D eigenvalue weighted by Crippen LogP contribution is 2.24. The van der Waals surface area contributed by atoms with Crippen LogP contribution in [0.3, 0.4) is 0 Å². The second-order valence-electron chi connectivity index (χ2n) is 5.78. The number of carbonyl (C=O) groups is 1. The first-order valence-corrected chi connectivity index (χ1v) is 7.85. The van der Waals surface area contributed by atoms with Crippen LogP contribution >= 0.6 is 0 Å². The maximum absolute atomic E-state index is 12.0. The summed E-state index contributed by atoms with van der Waals surface area (Å²) in [5.41, 5.74) is 1.90. The average Bonchev–Trinajstić information content (AvgIpc) is 2.73. The van der Waals surface area contributed by atoms with Gasteiger partial charge in [0.05, 0.1) is 0 Å². The predicted octanol–water partition coefficient (Wildman–Crippen LogP) is 2.62. The molecule has 3 rings (SSSR count). The lowest BCUT2D eigenvalue weighted by atomic mass is 9.96. The van der Waals surface area contributed by atoms with Gasteiger partial charge in [-0.3, -0.25) is 0 Å². The second kappa shape index (κ2) is 6.80. The molecule has 1 heterocycles. The van der Waals surface area contributed by atoms with Crippen molar-refractivity contribution >= 4 is 11.7 Å². The van der Waals surface area contributed by atoms with Crippen LogP contribution in [0.4, 0.5) is 10.5 Å². The Morgan fingerprint density at radius 3 is 2.95 bits per heavy atom. The summed E-state index contributed by atoms with van der Waals surface area (Å²) in [5, 5.41) is 9.29. The molecule has 21 heavy (non-hydrogen) atoms. The maximum Gasteiger partial charge on any atom is 0.319 e. The fraction of sp³-hybridized carbons (Fsp3) is 0.562. The van der Waals surface area contributed by atoms with Crippen LogP contribution in [-0.4, -0.2) is 25.2 Å². The molecule has 5 nitrogen and oxygen atoms in total. The number of amides is 2. The van der Waals surface area contributed by atoms with E-state index in [0.29, 0.717) is 12.6 Å². The third-order valence-corrected chi connectivity index (χ3v) is 4.11. The molecule has 1 aromatic rings. The largest absolute Gasteiger partial charge is 0.492 e. The lowest BCUT2D eigenvalue weighted by Gasteiger charge is -2.23. The number of fused-ring (bicyclic) bond motifs is 1. The summed E-state index contributed by atoms with van der Waals surface area (Å²) < 4.78 is 5.64. The highest BCUT2D eigenvalue weighted by atomic mass is 16.5. The maximum atomic E-state index is 12.0. The fourth-order valence-corrected chi connectivity index (χ4v) is 2.99. The van der Waals surface area contributed by atoms with Gasteiger partial charge in [-0.2, -0.15) is 0 Å². The van der Waals surface area contributed by atoms with Crippen molar-refractivity contribution in [1.29, 1.82) is 0 Å². The highest BCUT2D eigenvalue weighted by Gasteiger charge is 2.16. The van der Waals surface area contributed by atoms with Crippen LogP contribution in [0.25, 0.3) is 0 Å². The first-order chi connectivity index (χ1) is 10.3. The lowest BCUT2D eigenvalue weighted by molar-refractivity contribution is 0.244. The molecule has 0 radical (unpaired) electrons. The van der Waals surface area contributed by atoms with Gasteiger partial charge in [-0.15, -0.1) is 0 Å². The van der Waals surface area contributed by atoms with E-state index in [9.17, 15) is 4.79 Å². The Kier molecular flexibility index (Phi) is 4.60. The van der Waals surface area contributed by atoms with Crippen LogP contribution in [0.1, 0.15) is 37.7 Å². The molecule has 1 saturated carbocycles. The molecule has 0 saturated heterocycles. The topological polar surface area (TPSA) is 62.4 Å². The molecule has 3 N–H and O–H groups in total. The summed E-state index contributed by atoms with van der Waals surface area (Å²) in [4.78, 5) is 12.0. The number of nitrogens with one attached hydrogen (secondary N) is 3. The number of ether oxygens (including phenoxy) is 1. The Bertz CT molecular complexity index is 498. The van der Waals surface area contributed by atoms with Crippen LogP contribution in [0.15, 0.2) is 18.2 Å². The summed E-state index contributed by atoms with van der Waals surface area (Å²) in [5.74, 6) is 0.901. The molecule has 114 valence electrons. The minimum Gasteiger partial charge on any atom is -0.492 e. The van der Waals surface area contributed by atoms with Crippen molar-refractivity contribution in [3.8, 4) is 5.75 Å². The van der Waals surface area contributed by atoms with E-state index in [1.54, 1.807) is 0 Å². The molecule has 1 fully saturated rings. The van der Waals surface area contributed by atoms with Crippen molar-refractivity contribution in [2.75, 3.05) is 18.5 Å². The smallest absolute Gasteiger partial charge is 0.319 e. The first-order valence-electron chi connectivity index (χ1n) is 7.85. The Morgan fingerprint density at radius 2 is 2.10 bits per heavy atom. The van der Waals surface area contributed by atoms with E-state index in [1.807, 2.05) is 18.2 Å². The van der Waals surface area contributed by atoms with Crippen molar-refractivity contribution in [3.05, 3.63) is 23.8 Å². The van der Waals surface area contributed by atoms with E-state index >= 15 is 0 Å². The summed E-state index contributed by atoms with van der Waals surface area (Å²) in [6.45, 7) is 2.30. The summed E-state index contributed by atoms with van der Waals surface area (Å²) in [6, 6.07) is 6.02. The molecular formula is C16H23N3O2. The van der Waals surface area contributed by atoms with Gasteiger partial charge in [0.1, 0.15) is 12.4 Å². The van der Waals surface area contributed by atoms with Gasteiger partial charge in [-0.1, -0.05) is 19.3 Å². The Labute approximate surface area is 125 Å². The number of benzene rings is 1. The molecule has 0 aromatic heterocycles. The van der Waals surface area contributed by atoms with E-state index in [4.69, 9.17) is 4.74 Å². The van der Waals surface area contributed by atoms with Crippen molar-refractivity contribution in [2.45, 2.75) is 44.7 Å². The fourth-order valence-electron chi connectivity index (χ4n) is 2.99. The normalized spacial score (nSPS) is 19.0. The SMILES string of the molecule is O=C(Nc1ccc2c(c1)CNCCO2)NC1CCCCC1. The van der Waals surface area contributed by atoms with Gasteiger partial charge < -0.3 is 20.7 Å². The lowest BCUT2D eigenvalue weighted by Crippen LogP contribution is -2.39. The van der Waals surface area contributed by atoms with Gasteiger partial charge >= 0.3 is 6.03 Å². The number of hydrogen-bond acceptors (Lipinski definition) is 3. The molecular weight excluding hydrogens is 266 g/mol. The average molecular weight is 289 g/mol. The number of carbonyl (C=O) groups excluding carboxylic acids is 1. The van der Waals surface area contributed by atoms with E-state index in [2.05, 4.69) is 16.0 Å². The minimum atomic E-state index is -0.107. The highest BCUT2D eigenvalue weighted by molar-refractivity contribution is 5.89. The summed E-state index contributed by atoms with van der Waals surface area (Å²) in [6.07, 6.45) is 5.90. The van der Waals surface area contributed by atoms with Gasteiger partial charge in [0, 0.05) is 30.4 Å². The van der Waals surface area contributed by atoms with E-state index in [-0.39, 0.29) is 6.03 Å². The predicted molar refractivity (Wildman–Crippen MR) is 82.7 cm³/mol. The van der Waals surface area contributed by atoms with Crippen molar-refractivity contribution in [2.24, 2.45) is 0 Å². The second-order valence-corrected chi connectivity index (χ2v) is 5.78. The van der Waals surface area contributed by atoms with Gasteiger partial charge in [0.15, 0.2) is 0 Å². The first kappa shape index (κ1) is 14.2. The van der Waals surface area contributed by atoms with Gasteiger partial charge in [0.25, 0.3) is 0 Å². The minimum absolute atomic E-state index is 0.107. The Balaban J connectivity index is 1.59. The Hall–Kier alpha value is -1.75. The number of rotatable bonds is 2. The number of urea groups is 1. The molecule has 0 spiro atoms. The van der Waals surface area contributed by atoms with E-state index in [1.165, 1.54) is 19.3 Å². The van der Waals surface area contributed by atoms with E-state index < -0.39 is 0 Å². The summed E-state index contributed by atoms with van der Waals surface area (Å²) >= 11 is 0.